The van der Waals surface area contributed by atoms with Crippen LogP contribution in [0.4, 0.5) is 0 Å². The van der Waals surface area contributed by atoms with E-state index in [4.69, 9.17) is 5.10 Å². The van der Waals surface area contributed by atoms with Crippen LogP contribution in [-0.2, 0) is 9.59 Å². The van der Waals surface area contributed by atoms with Crippen LogP contribution in [-0.4, -0.2) is 64.1 Å². The quantitative estimate of drug-likeness (QED) is 0.803. The van der Waals surface area contributed by atoms with Gasteiger partial charge in [0.2, 0.25) is 11.8 Å². The Kier molecular flexibility index (Phi) is 6.41. The minimum atomic E-state index is -0.505. The van der Waals surface area contributed by atoms with Crippen molar-refractivity contribution in [3.8, 4) is 5.69 Å². The number of likely N-dealkylation sites (N-methyl/N-ethyl adjacent to an activating group) is 1. The number of hydrogen-bond donors (Lipinski definition) is 1. The normalized spacial score (nSPS) is 20.5. The van der Waals surface area contributed by atoms with Gasteiger partial charge in [-0.15, -0.1) is 0 Å². The number of benzene rings is 1. The topological polar surface area (TPSA) is 70.5 Å². The van der Waals surface area contributed by atoms with Gasteiger partial charge >= 0.3 is 0 Å². The molecule has 4 rings (SSSR count). The molecule has 166 valence electrons. The van der Waals surface area contributed by atoms with E-state index >= 15 is 0 Å². The molecule has 1 aromatic carbocycles. The van der Waals surface area contributed by atoms with Gasteiger partial charge in [-0.25, -0.2) is 4.68 Å². The Labute approximate surface area is 184 Å². The summed E-state index contributed by atoms with van der Waals surface area (Å²) < 4.78 is 1.89. The van der Waals surface area contributed by atoms with E-state index in [1.54, 1.807) is 0 Å². The molecule has 31 heavy (non-hydrogen) atoms. The van der Waals surface area contributed by atoms with E-state index in [1.807, 2.05) is 65.7 Å². The molecule has 1 atom stereocenters. The first-order chi connectivity index (χ1) is 15.0. The first-order valence-corrected chi connectivity index (χ1v) is 11.4. The summed E-state index contributed by atoms with van der Waals surface area (Å²) in [7, 11) is 1.92. The van der Waals surface area contributed by atoms with Crippen molar-refractivity contribution in [2.75, 3.05) is 26.7 Å². The number of piperazine rings is 1. The van der Waals surface area contributed by atoms with Gasteiger partial charge in [-0.3, -0.25) is 14.5 Å². The second kappa shape index (κ2) is 9.22. The average Bonchev–Trinajstić information content (AvgIpc) is 3.08. The van der Waals surface area contributed by atoms with Crippen LogP contribution in [0.25, 0.3) is 5.69 Å². The van der Waals surface area contributed by atoms with Crippen LogP contribution in [0.1, 0.15) is 55.1 Å². The van der Waals surface area contributed by atoms with Gasteiger partial charge in [0.05, 0.1) is 17.9 Å². The van der Waals surface area contributed by atoms with Gasteiger partial charge in [-0.1, -0.05) is 37.5 Å². The SMILES string of the molecule is Cc1nn(-c2ccccc2)c(C)c1C1C(=O)NCCN1CC(=O)N(C)C1CCCCC1. The van der Waals surface area contributed by atoms with Gasteiger partial charge in [0, 0.05) is 37.4 Å². The van der Waals surface area contributed by atoms with E-state index in [1.165, 1.54) is 19.3 Å². The minimum absolute atomic E-state index is 0.0572. The van der Waals surface area contributed by atoms with Gasteiger partial charge in [-0.2, -0.15) is 5.10 Å². The van der Waals surface area contributed by atoms with Crippen molar-refractivity contribution in [2.24, 2.45) is 0 Å². The summed E-state index contributed by atoms with van der Waals surface area (Å²) in [5.74, 6) is 0.0375. The zero-order chi connectivity index (χ0) is 22.0. The Morgan fingerprint density at radius 1 is 1.16 bits per heavy atom. The zero-order valence-electron chi connectivity index (χ0n) is 18.8. The van der Waals surface area contributed by atoms with E-state index in [0.29, 0.717) is 19.1 Å². The van der Waals surface area contributed by atoms with Gasteiger partial charge in [0.15, 0.2) is 0 Å². The second-order valence-electron chi connectivity index (χ2n) is 8.79. The van der Waals surface area contributed by atoms with Crippen LogP contribution >= 0.6 is 0 Å². The Balaban J connectivity index is 1.59. The third-order valence-corrected chi connectivity index (χ3v) is 6.79. The number of nitrogens with zero attached hydrogens (tertiary/aromatic N) is 4. The summed E-state index contributed by atoms with van der Waals surface area (Å²) in [4.78, 5) is 30.0. The van der Waals surface area contributed by atoms with Crippen molar-refractivity contribution < 1.29 is 9.59 Å². The fourth-order valence-corrected chi connectivity index (χ4v) is 5.03. The largest absolute Gasteiger partial charge is 0.353 e. The highest BCUT2D eigenvalue weighted by molar-refractivity contribution is 5.86. The Morgan fingerprint density at radius 3 is 2.58 bits per heavy atom. The lowest BCUT2D eigenvalue weighted by molar-refractivity contribution is -0.137. The molecule has 2 heterocycles. The van der Waals surface area contributed by atoms with E-state index in [9.17, 15) is 9.59 Å². The summed E-state index contributed by atoms with van der Waals surface area (Å²) in [6.07, 6.45) is 5.79. The van der Waals surface area contributed by atoms with Crippen LogP contribution in [0.5, 0.6) is 0 Å². The molecular formula is C24H33N5O2. The van der Waals surface area contributed by atoms with E-state index in [0.717, 1.165) is 35.5 Å². The predicted octanol–water partition coefficient (Wildman–Crippen LogP) is 2.75. The second-order valence-corrected chi connectivity index (χ2v) is 8.79. The van der Waals surface area contributed by atoms with Gasteiger partial charge in [0.25, 0.3) is 0 Å². The van der Waals surface area contributed by atoms with Crippen molar-refractivity contribution >= 4 is 11.8 Å². The Hall–Kier alpha value is -2.67. The highest BCUT2D eigenvalue weighted by Gasteiger charge is 2.37. The maximum atomic E-state index is 13.1. The maximum Gasteiger partial charge on any atom is 0.242 e. The fourth-order valence-electron chi connectivity index (χ4n) is 5.03. The highest BCUT2D eigenvalue weighted by Crippen LogP contribution is 2.30. The number of para-hydroxylation sites is 1. The van der Waals surface area contributed by atoms with Crippen LogP contribution in [0, 0.1) is 13.8 Å². The van der Waals surface area contributed by atoms with Crippen molar-refractivity contribution in [2.45, 2.75) is 58.0 Å². The molecule has 1 saturated heterocycles. The van der Waals surface area contributed by atoms with E-state index < -0.39 is 6.04 Å². The molecule has 7 nitrogen and oxygen atoms in total. The molecule has 1 N–H and O–H groups in total. The first kappa shape index (κ1) is 21.6. The third-order valence-electron chi connectivity index (χ3n) is 6.79. The summed E-state index contributed by atoms with van der Waals surface area (Å²) in [6.45, 7) is 5.40. The monoisotopic (exact) mass is 423 g/mol. The first-order valence-electron chi connectivity index (χ1n) is 11.4. The molecule has 1 aromatic heterocycles. The number of aromatic nitrogens is 2. The molecule has 1 aliphatic heterocycles. The van der Waals surface area contributed by atoms with Crippen molar-refractivity contribution in [3.63, 3.8) is 0 Å². The molecule has 0 bridgehead atoms. The summed E-state index contributed by atoms with van der Waals surface area (Å²) >= 11 is 0. The van der Waals surface area contributed by atoms with Gasteiger partial charge in [0.1, 0.15) is 6.04 Å². The lowest BCUT2D eigenvalue weighted by atomic mass is 9.94. The number of carbonyl (C=O) groups is 2. The summed E-state index contributed by atoms with van der Waals surface area (Å²) in [5, 5.41) is 7.71. The van der Waals surface area contributed by atoms with Crippen molar-refractivity contribution in [1.82, 2.24) is 24.9 Å². The molecular weight excluding hydrogens is 390 g/mol. The number of carbonyl (C=O) groups excluding carboxylic acids is 2. The number of nitrogens with one attached hydrogen (secondary N) is 1. The molecule has 7 heteroatoms. The Bertz CT molecular complexity index is 933. The summed E-state index contributed by atoms with van der Waals surface area (Å²) in [6, 6.07) is 9.75. The molecule has 0 radical (unpaired) electrons. The molecule has 2 aliphatic rings. The van der Waals surface area contributed by atoms with E-state index in [2.05, 4.69) is 5.32 Å². The fraction of sp³-hybridized carbons (Fsp3) is 0.542. The molecule has 1 aliphatic carbocycles. The number of rotatable bonds is 5. The van der Waals surface area contributed by atoms with E-state index in [-0.39, 0.29) is 18.4 Å². The summed E-state index contributed by atoms with van der Waals surface area (Å²) in [5.41, 5.74) is 3.62. The maximum absolute atomic E-state index is 13.1. The smallest absolute Gasteiger partial charge is 0.242 e. The lowest BCUT2D eigenvalue weighted by Crippen LogP contribution is -2.53. The number of aryl methyl sites for hydroxylation is 1. The minimum Gasteiger partial charge on any atom is -0.353 e. The molecule has 0 spiro atoms. The van der Waals surface area contributed by atoms with Gasteiger partial charge < -0.3 is 10.2 Å². The molecule has 1 unspecified atom stereocenters. The predicted molar refractivity (Wildman–Crippen MR) is 120 cm³/mol. The van der Waals surface area contributed by atoms with Crippen molar-refractivity contribution in [1.29, 1.82) is 0 Å². The number of amides is 2. The average molecular weight is 424 g/mol. The third kappa shape index (κ3) is 4.37. The van der Waals surface area contributed by atoms with Crippen LogP contribution in [0.3, 0.4) is 0 Å². The van der Waals surface area contributed by atoms with Crippen molar-refractivity contribution in [3.05, 3.63) is 47.3 Å². The lowest BCUT2D eigenvalue weighted by Gasteiger charge is -2.37. The van der Waals surface area contributed by atoms with Gasteiger partial charge in [-0.05, 0) is 38.8 Å². The molecule has 2 fully saturated rings. The number of hydrogen-bond acceptors (Lipinski definition) is 4. The van der Waals surface area contributed by atoms with Crippen LogP contribution in [0.2, 0.25) is 0 Å². The molecule has 2 amide bonds. The molecule has 1 saturated carbocycles. The van der Waals surface area contributed by atoms with Crippen LogP contribution < -0.4 is 5.32 Å². The molecule has 2 aromatic rings. The highest BCUT2D eigenvalue weighted by atomic mass is 16.2. The Morgan fingerprint density at radius 2 is 1.87 bits per heavy atom. The van der Waals surface area contributed by atoms with Crippen LogP contribution in [0.15, 0.2) is 30.3 Å². The standard InChI is InChI=1S/C24H33N5O2/c1-17-22(18(2)29(26-17)20-12-8-5-9-13-20)23-24(31)25-14-15-28(23)16-21(30)27(3)19-10-6-4-7-11-19/h5,8-9,12-13,19,23H,4,6-7,10-11,14-16H2,1-3H3,(H,25,31). The zero-order valence-corrected chi connectivity index (χ0v) is 18.8.